The molecule has 6 atom stereocenters. The van der Waals surface area contributed by atoms with Gasteiger partial charge in [0.1, 0.15) is 5.75 Å². The van der Waals surface area contributed by atoms with Crippen molar-refractivity contribution in [3.05, 3.63) is 58.1 Å². The van der Waals surface area contributed by atoms with Crippen molar-refractivity contribution in [2.24, 2.45) is 17.3 Å². The molecule has 0 heterocycles. The molecule has 0 aromatic heterocycles. The van der Waals surface area contributed by atoms with Crippen LogP contribution in [-0.2, 0) is 6.42 Å². The Balaban J connectivity index is 1.43. The highest BCUT2D eigenvalue weighted by Gasteiger charge is 2.54. The third-order valence-electron chi connectivity index (χ3n) is 8.35. The van der Waals surface area contributed by atoms with Gasteiger partial charge in [0.2, 0.25) is 0 Å². The molecule has 4 heteroatoms. The number of rotatable bonds is 3. The minimum Gasteiger partial charge on any atom is -0.497 e. The molecule has 2 saturated carbocycles. The third kappa shape index (κ3) is 3.62. The van der Waals surface area contributed by atoms with Crippen molar-refractivity contribution in [3.8, 4) is 5.75 Å². The van der Waals surface area contributed by atoms with Crippen LogP contribution >= 0.6 is 31.9 Å². The zero-order valence-corrected chi connectivity index (χ0v) is 21.0. The molecule has 5 rings (SSSR count). The summed E-state index contributed by atoms with van der Waals surface area (Å²) in [5, 5.41) is 3.94. The van der Waals surface area contributed by atoms with Crippen molar-refractivity contribution >= 4 is 37.5 Å². The van der Waals surface area contributed by atoms with Crippen LogP contribution in [-0.4, -0.2) is 18.0 Å². The molecule has 2 fully saturated rings. The van der Waals surface area contributed by atoms with Crippen molar-refractivity contribution in [2.75, 3.05) is 12.4 Å². The molecule has 3 aliphatic carbocycles. The van der Waals surface area contributed by atoms with Gasteiger partial charge in [-0.15, -0.1) is 0 Å². The lowest BCUT2D eigenvalue weighted by molar-refractivity contribution is -0.0109. The first kappa shape index (κ1) is 20.9. The second-order valence-electron chi connectivity index (χ2n) is 9.80. The summed E-state index contributed by atoms with van der Waals surface area (Å²) in [5.41, 5.74) is 4.72. The molecule has 0 unspecified atom stereocenters. The van der Waals surface area contributed by atoms with E-state index in [0.717, 1.165) is 22.1 Å². The molecule has 0 aliphatic heterocycles. The number of hydrogen-bond acceptors (Lipinski definition) is 2. The Morgan fingerprint density at radius 2 is 1.87 bits per heavy atom. The van der Waals surface area contributed by atoms with E-state index in [1.807, 2.05) is 0 Å². The van der Waals surface area contributed by atoms with Crippen LogP contribution in [0.5, 0.6) is 5.75 Å². The Hall–Kier alpha value is -1.000. The fraction of sp³-hybridized carbons (Fsp3) is 0.538. The number of aryl methyl sites for hydroxylation is 1. The van der Waals surface area contributed by atoms with Gasteiger partial charge < -0.3 is 10.1 Å². The maximum absolute atomic E-state index is 5.49. The largest absolute Gasteiger partial charge is 0.497 e. The number of ether oxygens (including phenoxy) is 1. The highest BCUT2D eigenvalue weighted by Crippen LogP contribution is 2.60. The molecule has 3 aliphatic rings. The van der Waals surface area contributed by atoms with Gasteiger partial charge >= 0.3 is 0 Å². The Morgan fingerprint density at radius 1 is 1.07 bits per heavy atom. The van der Waals surface area contributed by atoms with Crippen LogP contribution in [0.25, 0.3) is 0 Å². The summed E-state index contributed by atoms with van der Waals surface area (Å²) in [4.78, 5) is 0.597. The van der Waals surface area contributed by atoms with Gasteiger partial charge in [-0.3, -0.25) is 0 Å². The molecule has 0 saturated heterocycles. The first-order chi connectivity index (χ1) is 14.5. The molecule has 0 spiro atoms. The highest BCUT2D eigenvalue weighted by molar-refractivity contribution is 9.10. The van der Waals surface area contributed by atoms with E-state index in [1.165, 1.54) is 49.8 Å². The standard InChI is InChI=1S/C26H31Br2NO/c1-26-12-11-22-21-10-8-20(30-2)13-16(21)3-9-23(22)24(26)14-18(28)15-25(26)29-19-6-4-17(27)5-7-19/h4-8,10,13,18,22-25,29H,3,9,11-12,14-15H2,1-2H3/t18-,22+,23+,24-,25-,26-/m0/s1. The lowest BCUT2D eigenvalue weighted by atomic mass is 9.49. The quantitative estimate of drug-likeness (QED) is 0.412. The van der Waals surface area contributed by atoms with Crippen LogP contribution in [0.15, 0.2) is 46.9 Å². The second-order valence-corrected chi connectivity index (χ2v) is 12.0. The molecular weight excluding hydrogens is 502 g/mol. The van der Waals surface area contributed by atoms with E-state index in [4.69, 9.17) is 4.74 Å². The number of hydrogen-bond donors (Lipinski definition) is 1. The topological polar surface area (TPSA) is 21.3 Å². The van der Waals surface area contributed by atoms with E-state index < -0.39 is 0 Å². The molecule has 2 nitrogen and oxygen atoms in total. The Kier molecular flexibility index (Phi) is 5.68. The van der Waals surface area contributed by atoms with E-state index in [0.29, 0.717) is 22.2 Å². The van der Waals surface area contributed by atoms with E-state index in [2.05, 4.69) is 86.6 Å². The van der Waals surface area contributed by atoms with Crippen LogP contribution in [0.1, 0.15) is 56.1 Å². The minimum atomic E-state index is 0.350. The van der Waals surface area contributed by atoms with Crippen molar-refractivity contribution in [2.45, 2.75) is 62.2 Å². The average molecular weight is 533 g/mol. The van der Waals surface area contributed by atoms with Crippen LogP contribution in [0.2, 0.25) is 0 Å². The number of methoxy groups -OCH3 is 1. The summed E-state index contributed by atoms with van der Waals surface area (Å²) in [6, 6.07) is 16.0. The summed E-state index contributed by atoms with van der Waals surface area (Å²) in [6.45, 7) is 2.58. The van der Waals surface area contributed by atoms with Gasteiger partial charge in [-0.25, -0.2) is 0 Å². The number of fused-ring (bicyclic) bond motifs is 5. The summed E-state index contributed by atoms with van der Waals surface area (Å²) < 4.78 is 6.63. The molecular formula is C26H31Br2NO. The first-order valence-corrected chi connectivity index (χ1v) is 13.0. The van der Waals surface area contributed by atoms with Crippen molar-refractivity contribution in [1.29, 1.82) is 0 Å². The minimum absolute atomic E-state index is 0.350. The van der Waals surface area contributed by atoms with Gasteiger partial charge in [0, 0.05) is 21.0 Å². The monoisotopic (exact) mass is 531 g/mol. The van der Waals surface area contributed by atoms with Gasteiger partial charge in [-0.2, -0.15) is 0 Å². The zero-order chi connectivity index (χ0) is 20.9. The molecule has 0 bridgehead atoms. The maximum atomic E-state index is 5.49. The summed E-state index contributed by atoms with van der Waals surface area (Å²) in [6.07, 6.45) is 7.63. The molecule has 30 heavy (non-hydrogen) atoms. The van der Waals surface area contributed by atoms with Gasteiger partial charge in [-0.1, -0.05) is 44.8 Å². The van der Waals surface area contributed by atoms with Crippen LogP contribution < -0.4 is 10.1 Å². The van der Waals surface area contributed by atoms with Crippen LogP contribution in [0, 0.1) is 17.3 Å². The molecule has 0 radical (unpaired) electrons. The van der Waals surface area contributed by atoms with Crippen LogP contribution in [0.4, 0.5) is 5.69 Å². The molecule has 2 aromatic rings. The number of anilines is 1. The third-order valence-corrected chi connectivity index (χ3v) is 9.63. The smallest absolute Gasteiger partial charge is 0.119 e. The summed E-state index contributed by atoms with van der Waals surface area (Å²) >= 11 is 7.61. The highest BCUT2D eigenvalue weighted by atomic mass is 79.9. The first-order valence-electron chi connectivity index (χ1n) is 11.3. The Labute approximate surface area is 197 Å². The maximum Gasteiger partial charge on any atom is 0.119 e. The number of halogens is 2. The van der Waals surface area contributed by atoms with Crippen molar-refractivity contribution in [1.82, 2.24) is 0 Å². The normalized spacial score (nSPS) is 35.0. The van der Waals surface area contributed by atoms with Gasteiger partial charge in [-0.05, 0) is 109 Å². The van der Waals surface area contributed by atoms with E-state index in [-0.39, 0.29) is 0 Å². The molecule has 160 valence electrons. The Morgan fingerprint density at radius 3 is 2.63 bits per heavy atom. The van der Waals surface area contributed by atoms with Gasteiger partial charge in [0.05, 0.1) is 7.11 Å². The average Bonchev–Trinajstić information content (AvgIpc) is 2.75. The van der Waals surface area contributed by atoms with Gasteiger partial charge in [0.25, 0.3) is 0 Å². The number of benzene rings is 2. The van der Waals surface area contributed by atoms with E-state index in [9.17, 15) is 0 Å². The molecule has 1 N–H and O–H groups in total. The van der Waals surface area contributed by atoms with Crippen molar-refractivity contribution < 1.29 is 4.74 Å². The second kappa shape index (κ2) is 8.16. The SMILES string of the molecule is COc1ccc2c(c1)CC[C@@H]1[C@@H]2CC[C@]2(C)[C@@H](Nc3ccc(Br)cc3)C[C@@H](Br)C[C@@H]12. The lowest BCUT2D eigenvalue weighted by Gasteiger charge is -2.58. The zero-order valence-electron chi connectivity index (χ0n) is 17.8. The fourth-order valence-corrected chi connectivity index (χ4v) is 7.82. The number of nitrogens with one attached hydrogen (secondary N) is 1. The van der Waals surface area contributed by atoms with Crippen LogP contribution in [0.3, 0.4) is 0 Å². The molecule has 2 aromatic carbocycles. The number of alkyl halides is 1. The van der Waals surface area contributed by atoms with E-state index in [1.54, 1.807) is 12.7 Å². The lowest BCUT2D eigenvalue weighted by Crippen LogP contribution is -2.55. The van der Waals surface area contributed by atoms with E-state index >= 15 is 0 Å². The predicted molar refractivity (Wildman–Crippen MR) is 132 cm³/mol. The van der Waals surface area contributed by atoms with Gasteiger partial charge in [0.15, 0.2) is 0 Å². The Bertz CT molecular complexity index is 914. The summed E-state index contributed by atoms with van der Waals surface area (Å²) in [5.74, 6) is 3.27. The fourth-order valence-electron chi connectivity index (χ4n) is 6.78. The molecule has 0 amide bonds. The van der Waals surface area contributed by atoms with Crippen molar-refractivity contribution in [3.63, 3.8) is 0 Å². The predicted octanol–water partition coefficient (Wildman–Crippen LogP) is 7.56. The summed E-state index contributed by atoms with van der Waals surface area (Å²) in [7, 11) is 1.77.